The third-order valence-electron chi connectivity index (χ3n) is 3.94. The second-order valence-corrected chi connectivity index (χ2v) is 5.95. The van der Waals surface area contributed by atoms with Crippen molar-refractivity contribution in [2.45, 2.75) is 20.1 Å². The Morgan fingerprint density at radius 2 is 1.26 bits per heavy atom. The Hall–Kier alpha value is -3.27. The summed E-state index contributed by atoms with van der Waals surface area (Å²) in [5.74, 6) is 1.49. The quantitative estimate of drug-likeness (QED) is 0.499. The lowest BCUT2D eigenvalue weighted by Crippen LogP contribution is -2.04. The lowest BCUT2D eigenvalue weighted by molar-refractivity contribution is 0.112. The minimum absolute atomic E-state index is 0.371. The minimum Gasteiger partial charge on any atom is -0.490 e. The van der Waals surface area contributed by atoms with E-state index in [1.807, 2.05) is 67.6 Å². The fourth-order valence-corrected chi connectivity index (χ4v) is 2.64. The minimum atomic E-state index is 0.371. The zero-order valence-corrected chi connectivity index (χ0v) is 15.3. The molecule has 3 rings (SSSR count). The standard InChI is InChI=1S/C23H22O4/c1-2-25-21-13-20(15-24)14-22(26-16-18-9-5-3-6-10-18)23(21)27-17-19-11-7-4-8-12-19/h3-15H,2,16-17H2,1H3. The number of ether oxygens (including phenoxy) is 3. The van der Waals surface area contributed by atoms with Gasteiger partial charge < -0.3 is 14.2 Å². The van der Waals surface area contributed by atoms with Gasteiger partial charge in [-0.25, -0.2) is 0 Å². The monoisotopic (exact) mass is 362 g/mol. The van der Waals surface area contributed by atoms with E-state index in [1.165, 1.54) is 0 Å². The van der Waals surface area contributed by atoms with Crippen LogP contribution in [0.25, 0.3) is 0 Å². The van der Waals surface area contributed by atoms with Crippen LogP contribution < -0.4 is 14.2 Å². The maximum Gasteiger partial charge on any atom is 0.203 e. The lowest BCUT2D eigenvalue weighted by Gasteiger charge is -2.17. The van der Waals surface area contributed by atoms with Crippen molar-refractivity contribution in [2.75, 3.05) is 6.61 Å². The van der Waals surface area contributed by atoms with Crippen molar-refractivity contribution in [1.29, 1.82) is 0 Å². The average molecular weight is 362 g/mol. The molecule has 0 aliphatic carbocycles. The second kappa shape index (κ2) is 9.43. The predicted octanol–water partition coefficient (Wildman–Crippen LogP) is 5.06. The van der Waals surface area contributed by atoms with Crippen molar-refractivity contribution in [3.8, 4) is 17.2 Å². The van der Waals surface area contributed by atoms with Gasteiger partial charge in [-0.15, -0.1) is 0 Å². The van der Waals surface area contributed by atoms with Crippen molar-refractivity contribution in [3.63, 3.8) is 0 Å². The maximum absolute atomic E-state index is 11.3. The van der Waals surface area contributed by atoms with Gasteiger partial charge in [0.05, 0.1) is 6.61 Å². The fourth-order valence-electron chi connectivity index (χ4n) is 2.64. The molecule has 0 atom stereocenters. The number of hydrogen-bond acceptors (Lipinski definition) is 4. The molecule has 0 amide bonds. The van der Waals surface area contributed by atoms with Crippen LogP contribution in [0.2, 0.25) is 0 Å². The summed E-state index contributed by atoms with van der Waals surface area (Å²) in [5.41, 5.74) is 2.54. The highest BCUT2D eigenvalue weighted by molar-refractivity contribution is 5.78. The van der Waals surface area contributed by atoms with Crippen LogP contribution in [0.5, 0.6) is 17.2 Å². The molecule has 0 spiro atoms. The van der Waals surface area contributed by atoms with E-state index in [0.29, 0.717) is 42.6 Å². The van der Waals surface area contributed by atoms with Crippen molar-refractivity contribution in [1.82, 2.24) is 0 Å². The SMILES string of the molecule is CCOc1cc(C=O)cc(OCc2ccccc2)c1OCc1ccccc1. The Kier molecular flexibility index (Phi) is 6.47. The lowest BCUT2D eigenvalue weighted by atomic mass is 10.2. The first kappa shape index (κ1) is 18.5. The summed E-state index contributed by atoms with van der Waals surface area (Å²) in [5, 5.41) is 0. The number of aldehydes is 1. The van der Waals surface area contributed by atoms with Crippen LogP contribution in [0.1, 0.15) is 28.4 Å². The van der Waals surface area contributed by atoms with Gasteiger partial charge in [0.15, 0.2) is 11.5 Å². The van der Waals surface area contributed by atoms with Crippen LogP contribution in [0, 0.1) is 0 Å². The topological polar surface area (TPSA) is 44.8 Å². The summed E-state index contributed by atoms with van der Waals surface area (Å²) in [4.78, 5) is 11.3. The largest absolute Gasteiger partial charge is 0.490 e. The summed E-state index contributed by atoms with van der Waals surface area (Å²) in [6, 6.07) is 23.1. The molecule has 0 saturated heterocycles. The van der Waals surface area contributed by atoms with Crippen LogP contribution in [-0.2, 0) is 13.2 Å². The van der Waals surface area contributed by atoms with E-state index in [1.54, 1.807) is 12.1 Å². The molecule has 27 heavy (non-hydrogen) atoms. The highest BCUT2D eigenvalue weighted by Crippen LogP contribution is 2.39. The Labute approximate surface area is 159 Å². The molecule has 0 fully saturated rings. The average Bonchev–Trinajstić information content (AvgIpc) is 2.73. The molecule has 0 saturated carbocycles. The third-order valence-corrected chi connectivity index (χ3v) is 3.94. The highest BCUT2D eigenvalue weighted by Gasteiger charge is 2.16. The Bertz CT molecular complexity index is 860. The van der Waals surface area contributed by atoms with Gasteiger partial charge in [0.1, 0.15) is 19.5 Å². The first-order valence-corrected chi connectivity index (χ1v) is 8.89. The van der Waals surface area contributed by atoms with Crippen molar-refractivity contribution in [2.24, 2.45) is 0 Å². The van der Waals surface area contributed by atoms with Crippen LogP contribution in [0.3, 0.4) is 0 Å². The van der Waals surface area contributed by atoms with Gasteiger partial charge in [-0.3, -0.25) is 4.79 Å². The molecular formula is C23H22O4. The molecule has 138 valence electrons. The highest BCUT2D eigenvalue weighted by atomic mass is 16.5. The van der Waals surface area contributed by atoms with Crippen molar-refractivity contribution < 1.29 is 19.0 Å². The zero-order chi connectivity index (χ0) is 18.9. The van der Waals surface area contributed by atoms with Crippen molar-refractivity contribution in [3.05, 3.63) is 89.5 Å². The van der Waals surface area contributed by atoms with Gasteiger partial charge in [-0.2, -0.15) is 0 Å². The fraction of sp³-hybridized carbons (Fsp3) is 0.174. The van der Waals surface area contributed by atoms with Gasteiger partial charge in [0.25, 0.3) is 0 Å². The van der Waals surface area contributed by atoms with E-state index >= 15 is 0 Å². The zero-order valence-electron chi connectivity index (χ0n) is 15.3. The Morgan fingerprint density at radius 1 is 0.741 bits per heavy atom. The summed E-state index contributed by atoms with van der Waals surface area (Å²) in [6.07, 6.45) is 0.777. The Balaban J connectivity index is 1.87. The van der Waals surface area contributed by atoms with Gasteiger partial charge in [0, 0.05) is 5.56 Å². The molecule has 0 aliphatic heterocycles. The molecule has 0 N–H and O–H groups in total. The predicted molar refractivity (Wildman–Crippen MR) is 105 cm³/mol. The second-order valence-electron chi connectivity index (χ2n) is 5.95. The van der Waals surface area contributed by atoms with Crippen LogP contribution in [-0.4, -0.2) is 12.9 Å². The van der Waals surface area contributed by atoms with Crippen LogP contribution in [0.15, 0.2) is 72.8 Å². The molecule has 4 nitrogen and oxygen atoms in total. The van der Waals surface area contributed by atoms with E-state index in [4.69, 9.17) is 14.2 Å². The molecule has 3 aromatic carbocycles. The molecule has 0 aliphatic rings. The van der Waals surface area contributed by atoms with Crippen molar-refractivity contribution >= 4 is 6.29 Å². The summed E-state index contributed by atoms with van der Waals surface area (Å²) in [7, 11) is 0. The first-order chi connectivity index (χ1) is 13.3. The molecule has 0 heterocycles. The number of hydrogen-bond donors (Lipinski definition) is 0. The van der Waals surface area contributed by atoms with Gasteiger partial charge >= 0.3 is 0 Å². The van der Waals surface area contributed by atoms with E-state index in [-0.39, 0.29) is 0 Å². The molecule has 0 bridgehead atoms. The summed E-state index contributed by atoms with van der Waals surface area (Å²) >= 11 is 0. The number of benzene rings is 3. The third kappa shape index (κ3) is 5.11. The van der Waals surface area contributed by atoms with Crippen LogP contribution >= 0.6 is 0 Å². The number of carbonyl (C=O) groups is 1. The summed E-state index contributed by atoms with van der Waals surface area (Å²) < 4.78 is 17.7. The van der Waals surface area contributed by atoms with E-state index in [0.717, 1.165) is 17.4 Å². The Morgan fingerprint density at radius 3 is 1.78 bits per heavy atom. The van der Waals surface area contributed by atoms with E-state index in [2.05, 4.69) is 0 Å². The molecular weight excluding hydrogens is 340 g/mol. The smallest absolute Gasteiger partial charge is 0.203 e. The summed E-state index contributed by atoms with van der Waals surface area (Å²) in [6.45, 7) is 3.10. The normalized spacial score (nSPS) is 10.3. The van der Waals surface area contributed by atoms with Gasteiger partial charge in [-0.05, 0) is 30.2 Å². The number of carbonyl (C=O) groups excluding carboxylic acids is 1. The van der Waals surface area contributed by atoms with E-state index < -0.39 is 0 Å². The van der Waals surface area contributed by atoms with Gasteiger partial charge in [0.2, 0.25) is 5.75 Å². The maximum atomic E-state index is 11.3. The molecule has 0 aromatic heterocycles. The molecule has 0 unspecified atom stereocenters. The first-order valence-electron chi connectivity index (χ1n) is 8.89. The number of rotatable bonds is 9. The van der Waals surface area contributed by atoms with E-state index in [9.17, 15) is 4.79 Å². The van der Waals surface area contributed by atoms with Gasteiger partial charge in [-0.1, -0.05) is 60.7 Å². The molecule has 0 radical (unpaired) electrons. The molecule has 3 aromatic rings. The molecule has 4 heteroatoms. The van der Waals surface area contributed by atoms with Crippen LogP contribution in [0.4, 0.5) is 0 Å².